The quantitative estimate of drug-likeness (QED) is 0.588. The molecule has 4 bridgehead atoms. The minimum Gasteiger partial charge on any atom is -0.465 e. The van der Waals surface area contributed by atoms with Gasteiger partial charge in [-0.25, -0.2) is 0 Å². The minimum absolute atomic E-state index is 0.0401. The zero-order valence-corrected chi connectivity index (χ0v) is 17.0. The summed E-state index contributed by atoms with van der Waals surface area (Å²) in [6.45, 7) is 3.46. The summed E-state index contributed by atoms with van der Waals surface area (Å²) in [6, 6.07) is 8.72. The third kappa shape index (κ3) is 3.47. The fourth-order valence-electron chi connectivity index (χ4n) is 6.65. The first-order chi connectivity index (χ1) is 13.6. The van der Waals surface area contributed by atoms with Gasteiger partial charge in [0.1, 0.15) is 5.75 Å². The number of ether oxygens (including phenoxy) is 1. The number of hydrogen-bond acceptors (Lipinski definition) is 3. The number of carbonyl (C=O) groups is 1. The van der Waals surface area contributed by atoms with Crippen LogP contribution in [0.3, 0.4) is 0 Å². The first-order valence-corrected chi connectivity index (χ1v) is 11.0. The molecule has 1 aromatic carbocycles. The molecule has 28 heavy (non-hydrogen) atoms. The van der Waals surface area contributed by atoms with Crippen molar-refractivity contribution in [2.45, 2.75) is 43.9 Å². The summed E-state index contributed by atoms with van der Waals surface area (Å²) in [5.41, 5.74) is 1.94. The van der Waals surface area contributed by atoms with Gasteiger partial charge in [0.05, 0.1) is 6.26 Å². The monoisotopic (exact) mass is 380 g/mol. The van der Waals surface area contributed by atoms with Crippen LogP contribution in [0.1, 0.15) is 44.1 Å². The van der Waals surface area contributed by atoms with E-state index < -0.39 is 0 Å². The number of carbonyl (C=O) groups excluding carboxylic acids is 1. The van der Waals surface area contributed by atoms with Crippen LogP contribution in [0.15, 0.2) is 36.6 Å². The SMILES string of the molecule is CN1CCN(C(=O)/C=C/Oc2ccc(C34CC5CC(CC(C5)C3)C4)cc2)CC1. The molecule has 0 atom stereocenters. The van der Waals surface area contributed by atoms with Crippen molar-refractivity contribution in [3.05, 3.63) is 42.2 Å². The van der Waals surface area contributed by atoms with Crippen LogP contribution in [-0.2, 0) is 10.2 Å². The first kappa shape index (κ1) is 18.2. The highest BCUT2D eigenvalue weighted by Gasteiger charge is 2.51. The molecule has 4 saturated carbocycles. The van der Waals surface area contributed by atoms with Crippen molar-refractivity contribution < 1.29 is 9.53 Å². The largest absolute Gasteiger partial charge is 0.465 e. The maximum absolute atomic E-state index is 12.2. The van der Waals surface area contributed by atoms with Crippen LogP contribution in [0.5, 0.6) is 5.75 Å². The Morgan fingerprint density at radius 1 is 0.964 bits per heavy atom. The molecule has 5 fully saturated rings. The second-order valence-corrected chi connectivity index (χ2v) is 9.77. The zero-order chi connectivity index (χ0) is 19.1. The summed E-state index contributed by atoms with van der Waals surface area (Å²) in [4.78, 5) is 16.4. The van der Waals surface area contributed by atoms with E-state index in [1.165, 1.54) is 44.1 Å². The second-order valence-electron chi connectivity index (χ2n) is 9.77. The van der Waals surface area contributed by atoms with E-state index in [4.69, 9.17) is 4.74 Å². The van der Waals surface area contributed by atoms with Crippen LogP contribution < -0.4 is 4.74 Å². The molecule has 0 unspecified atom stereocenters. The average molecular weight is 381 g/mol. The molecule has 5 aliphatic rings. The Kier molecular flexibility index (Phi) is 4.70. The van der Waals surface area contributed by atoms with E-state index in [0.717, 1.165) is 49.7 Å². The first-order valence-electron chi connectivity index (χ1n) is 11.0. The van der Waals surface area contributed by atoms with E-state index in [-0.39, 0.29) is 5.91 Å². The highest BCUT2D eigenvalue weighted by Crippen LogP contribution is 2.60. The lowest BCUT2D eigenvalue weighted by atomic mass is 9.48. The number of rotatable bonds is 4. The summed E-state index contributed by atoms with van der Waals surface area (Å²) < 4.78 is 5.72. The fraction of sp³-hybridized carbons (Fsp3) is 0.625. The molecule has 0 radical (unpaired) electrons. The maximum Gasteiger partial charge on any atom is 0.249 e. The molecule has 1 aromatic rings. The van der Waals surface area contributed by atoms with Gasteiger partial charge >= 0.3 is 0 Å². The molecule has 150 valence electrons. The van der Waals surface area contributed by atoms with Crippen molar-refractivity contribution in [2.75, 3.05) is 33.2 Å². The molecule has 0 N–H and O–H groups in total. The van der Waals surface area contributed by atoms with Gasteiger partial charge in [0.2, 0.25) is 5.91 Å². The second kappa shape index (κ2) is 7.22. The standard InChI is InChI=1S/C24H32N2O2/c1-25-7-9-26(10-8-25)23(27)6-11-28-22-4-2-21(3-5-22)24-15-18-12-19(16-24)14-20(13-18)17-24/h2-6,11,18-20H,7-10,12-17H2,1H3/b11-6+. The molecule has 4 aliphatic carbocycles. The summed E-state index contributed by atoms with van der Waals surface area (Å²) in [5, 5.41) is 0. The maximum atomic E-state index is 12.2. The number of nitrogens with zero attached hydrogens (tertiary/aromatic N) is 2. The van der Waals surface area contributed by atoms with Gasteiger partial charge in [-0.1, -0.05) is 12.1 Å². The third-order valence-corrected chi connectivity index (χ3v) is 7.73. The highest BCUT2D eigenvalue weighted by atomic mass is 16.5. The lowest BCUT2D eigenvalue weighted by molar-refractivity contribution is -0.127. The molecule has 1 amide bonds. The Labute approximate surface area is 168 Å². The van der Waals surface area contributed by atoms with Crippen LogP contribution in [0.2, 0.25) is 0 Å². The van der Waals surface area contributed by atoms with E-state index in [9.17, 15) is 4.79 Å². The third-order valence-electron chi connectivity index (χ3n) is 7.73. The lowest BCUT2D eigenvalue weighted by Crippen LogP contribution is -2.48. The predicted molar refractivity (Wildman–Crippen MR) is 110 cm³/mol. The number of hydrogen-bond donors (Lipinski definition) is 0. The van der Waals surface area contributed by atoms with Gasteiger partial charge in [-0.15, -0.1) is 0 Å². The van der Waals surface area contributed by atoms with Crippen molar-refractivity contribution >= 4 is 5.91 Å². The van der Waals surface area contributed by atoms with Crippen molar-refractivity contribution in [3.63, 3.8) is 0 Å². The lowest BCUT2D eigenvalue weighted by Gasteiger charge is -2.57. The zero-order valence-electron chi connectivity index (χ0n) is 17.0. The van der Waals surface area contributed by atoms with Gasteiger partial charge in [-0.05, 0) is 86.4 Å². The summed E-state index contributed by atoms with van der Waals surface area (Å²) in [6.07, 6.45) is 11.7. The molecular formula is C24H32N2O2. The molecule has 1 aliphatic heterocycles. The van der Waals surface area contributed by atoms with E-state index >= 15 is 0 Å². The average Bonchev–Trinajstić information content (AvgIpc) is 2.68. The molecule has 6 rings (SSSR count). The van der Waals surface area contributed by atoms with Gasteiger partial charge in [0.25, 0.3) is 0 Å². The van der Waals surface area contributed by atoms with Crippen LogP contribution in [0, 0.1) is 17.8 Å². The van der Waals surface area contributed by atoms with E-state index in [1.54, 1.807) is 12.3 Å². The molecule has 4 nitrogen and oxygen atoms in total. The topological polar surface area (TPSA) is 32.8 Å². The van der Waals surface area contributed by atoms with Crippen molar-refractivity contribution in [2.24, 2.45) is 17.8 Å². The number of piperazine rings is 1. The Hall–Kier alpha value is -1.81. The smallest absolute Gasteiger partial charge is 0.249 e. The van der Waals surface area contributed by atoms with Crippen LogP contribution >= 0.6 is 0 Å². The normalized spacial score (nSPS) is 34.9. The number of benzene rings is 1. The summed E-state index contributed by atoms with van der Waals surface area (Å²) in [7, 11) is 2.09. The summed E-state index contributed by atoms with van der Waals surface area (Å²) in [5.74, 6) is 3.75. The van der Waals surface area contributed by atoms with Gasteiger partial charge in [-0.3, -0.25) is 4.79 Å². The van der Waals surface area contributed by atoms with Crippen molar-refractivity contribution in [3.8, 4) is 5.75 Å². The Morgan fingerprint density at radius 2 is 1.54 bits per heavy atom. The Balaban J connectivity index is 1.20. The minimum atomic E-state index is 0.0401. The number of likely N-dealkylation sites (N-methyl/N-ethyl adjacent to an activating group) is 1. The summed E-state index contributed by atoms with van der Waals surface area (Å²) >= 11 is 0. The van der Waals surface area contributed by atoms with Crippen LogP contribution in [0.4, 0.5) is 0 Å². The van der Waals surface area contributed by atoms with Gasteiger partial charge in [-0.2, -0.15) is 0 Å². The molecule has 0 spiro atoms. The van der Waals surface area contributed by atoms with Crippen LogP contribution in [0.25, 0.3) is 0 Å². The van der Waals surface area contributed by atoms with E-state index in [0.29, 0.717) is 5.41 Å². The Bertz CT molecular complexity index is 711. The van der Waals surface area contributed by atoms with Crippen LogP contribution in [-0.4, -0.2) is 48.9 Å². The van der Waals surface area contributed by atoms with Gasteiger partial charge in [0.15, 0.2) is 0 Å². The highest BCUT2D eigenvalue weighted by molar-refractivity contribution is 5.87. The number of amides is 1. The fourth-order valence-corrected chi connectivity index (χ4v) is 6.65. The van der Waals surface area contributed by atoms with Gasteiger partial charge in [0, 0.05) is 32.3 Å². The predicted octanol–water partition coefficient (Wildman–Crippen LogP) is 3.82. The van der Waals surface area contributed by atoms with Crippen molar-refractivity contribution in [1.29, 1.82) is 0 Å². The van der Waals surface area contributed by atoms with E-state index in [1.807, 2.05) is 4.90 Å². The van der Waals surface area contributed by atoms with Crippen molar-refractivity contribution in [1.82, 2.24) is 9.80 Å². The Morgan fingerprint density at radius 3 is 2.11 bits per heavy atom. The molecule has 4 heteroatoms. The van der Waals surface area contributed by atoms with Gasteiger partial charge < -0.3 is 14.5 Å². The molecule has 1 heterocycles. The molecular weight excluding hydrogens is 348 g/mol. The molecule has 1 saturated heterocycles. The van der Waals surface area contributed by atoms with E-state index in [2.05, 4.69) is 36.2 Å². The molecule has 0 aromatic heterocycles.